The molecule has 3 nitrogen and oxygen atoms in total. The number of halogens is 1. The van der Waals surface area contributed by atoms with E-state index in [-0.39, 0.29) is 5.91 Å². The zero-order chi connectivity index (χ0) is 12.9. The van der Waals surface area contributed by atoms with Crippen LogP contribution >= 0.6 is 15.9 Å². The number of nitrogens with one attached hydrogen (secondary N) is 1. The van der Waals surface area contributed by atoms with Crippen LogP contribution in [-0.2, 0) is 4.79 Å². The summed E-state index contributed by atoms with van der Waals surface area (Å²) in [4.78, 5) is 14.1. The highest BCUT2D eigenvalue weighted by Crippen LogP contribution is 2.16. The summed E-state index contributed by atoms with van der Waals surface area (Å²) >= 11 is 3.36. The monoisotopic (exact) mass is 304 g/mol. The van der Waals surface area contributed by atoms with E-state index in [1.54, 1.807) is 0 Å². The summed E-state index contributed by atoms with van der Waals surface area (Å²) in [6.07, 6.45) is 3.69. The molecule has 0 aliphatic carbocycles. The first kappa shape index (κ1) is 15.0. The van der Waals surface area contributed by atoms with Gasteiger partial charge in [0, 0.05) is 6.54 Å². The van der Waals surface area contributed by atoms with E-state index in [4.69, 9.17) is 0 Å². The second-order valence-electron chi connectivity index (χ2n) is 5.61. The van der Waals surface area contributed by atoms with Gasteiger partial charge in [-0.1, -0.05) is 22.9 Å². The number of alkyl halides is 1. The molecule has 1 heterocycles. The molecule has 100 valence electrons. The Bertz CT molecular complexity index is 242. The molecule has 1 amide bonds. The van der Waals surface area contributed by atoms with Gasteiger partial charge in [0.1, 0.15) is 0 Å². The average molecular weight is 305 g/mol. The van der Waals surface area contributed by atoms with Crippen molar-refractivity contribution < 1.29 is 4.79 Å². The Balaban J connectivity index is 2.07. The van der Waals surface area contributed by atoms with E-state index in [0.29, 0.717) is 0 Å². The van der Waals surface area contributed by atoms with E-state index in [1.807, 2.05) is 13.8 Å². The maximum Gasteiger partial charge on any atom is 0.236 e. The lowest BCUT2D eigenvalue weighted by Crippen LogP contribution is -2.39. The molecule has 0 spiro atoms. The molecular formula is C13H25BrN2O. The van der Waals surface area contributed by atoms with Crippen LogP contribution in [0.2, 0.25) is 0 Å². The quantitative estimate of drug-likeness (QED) is 0.625. The molecule has 1 saturated heterocycles. The predicted molar refractivity (Wildman–Crippen MR) is 75.5 cm³/mol. The van der Waals surface area contributed by atoms with E-state index >= 15 is 0 Å². The van der Waals surface area contributed by atoms with Gasteiger partial charge in [-0.05, 0) is 58.7 Å². The predicted octanol–water partition coefficient (Wildman–Crippen LogP) is 2.40. The van der Waals surface area contributed by atoms with Crippen molar-refractivity contribution in [1.82, 2.24) is 10.2 Å². The van der Waals surface area contributed by atoms with Gasteiger partial charge in [-0.15, -0.1) is 0 Å². The Labute approximate surface area is 113 Å². The summed E-state index contributed by atoms with van der Waals surface area (Å²) in [5.74, 6) is 0.963. The number of nitrogens with zero attached hydrogens (tertiary/aromatic N) is 1. The van der Waals surface area contributed by atoms with Crippen LogP contribution in [0.15, 0.2) is 0 Å². The van der Waals surface area contributed by atoms with Gasteiger partial charge in [-0.2, -0.15) is 0 Å². The van der Waals surface area contributed by atoms with Crippen LogP contribution < -0.4 is 5.32 Å². The highest BCUT2D eigenvalue weighted by Gasteiger charge is 2.22. The Morgan fingerprint density at radius 3 is 2.53 bits per heavy atom. The molecule has 0 bridgehead atoms. The van der Waals surface area contributed by atoms with Crippen LogP contribution in [0.4, 0.5) is 0 Å². The average Bonchev–Trinajstić information content (AvgIpc) is 2.25. The first-order valence-electron chi connectivity index (χ1n) is 6.59. The molecule has 1 rings (SSSR count). The van der Waals surface area contributed by atoms with E-state index in [9.17, 15) is 4.79 Å². The van der Waals surface area contributed by atoms with Gasteiger partial charge in [-0.25, -0.2) is 0 Å². The summed E-state index contributed by atoms with van der Waals surface area (Å²) in [6.45, 7) is 10.4. The fraction of sp³-hybridized carbons (Fsp3) is 0.923. The maximum absolute atomic E-state index is 11.6. The van der Waals surface area contributed by atoms with E-state index in [2.05, 4.69) is 33.1 Å². The molecule has 1 aliphatic rings. The van der Waals surface area contributed by atoms with E-state index in [0.717, 1.165) is 25.4 Å². The zero-order valence-electron chi connectivity index (χ0n) is 11.3. The van der Waals surface area contributed by atoms with Gasteiger partial charge < -0.3 is 10.2 Å². The second-order valence-corrected chi connectivity index (χ2v) is 7.59. The minimum Gasteiger partial charge on any atom is -0.355 e. The second kappa shape index (κ2) is 6.74. The Morgan fingerprint density at radius 2 is 2.00 bits per heavy atom. The number of carbonyl (C=O) groups is 1. The first-order chi connectivity index (χ1) is 7.89. The van der Waals surface area contributed by atoms with Crippen molar-refractivity contribution in [2.75, 3.05) is 26.2 Å². The maximum atomic E-state index is 11.6. The van der Waals surface area contributed by atoms with Gasteiger partial charge in [0.2, 0.25) is 5.91 Å². The molecule has 0 saturated carbocycles. The van der Waals surface area contributed by atoms with Gasteiger partial charge in [0.25, 0.3) is 0 Å². The number of piperidine rings is 1. The van der Waals surface area contributed by atoms with Crippen LogP contribution in [-0.4, -0.2) is 41.3 Å². The Morgan fingerprint density at radius 1 is 1.41 bits per heavy atom. The third kappa shape index (κ3) is 5.87. The van der Waals surface area contributed by atoms with Crippen LogP contribution in [0.5, 0.6) is 0 Å². The summed E-state index contributed by atoms with van der Waals surface area (Å²) in [5.41, 5.74) is 0. The number of amides is 1. The number of hydrogen-bond donors (Lipinski definition) is 1. The van der Waals surface area contributed by atoms with Crippen molar-refractivity contribution in [2.45, 2.75) is 44.4 Å². The van der Waals surface area contributed by atoms with Gasteiger partial charge in [-0.3, -0.25) is 4.79 Å². The highest BCUT2D eigenvalue weighted by atomic mass is 79.9. The third-order valence-corrected chi connectivity index (χ3v) is 3.71. The van der Waals surface area contributed by atoms with Crippen molar-refractivity contribution in [3.63, 3.8) is 0 Å². The molecule has 0 atom stereocenters. The molecule has 1 fully saturated rings. The third-order valence-electron chi connectivity index (χ3n) is 3.35. The lowest BCUT2D eigenvalue weighted by Gasteiger charge is -2.30. The molecule has 0 unspecified atom stereocenters. The fourth-order valence-electron chi connectivity index (χ4n) is 2.00. The Hall–Kier alpha value is -0.0900. The summed E-state index contributed by atoms with van der Waals surface area (Å²) in [7, 11) is 0. The smallest absolute Gasteiger partial charge is 0.236 e. The van der Waals surface area contributed by atoms with Gasteiger partial charge in [0.15, 0.2) is 0 Å². The largest absolute Gasteiger partial charge is 0.355 e. The normalized spacial score (nSPS) is 19.3. The van der Waals surface area contributed by atoms with Gasteiger partial charge in [0.05, 0.1) is 4.32 Å². The van der Waals surface area contributed by atoms with Crippen LogP contribution in [0.25, 0.3) is 0 Å². The number of hydrogen-bond acceptors (Lipinski definition) is 2. The van der Waals surface area contributed by atoms with Crippen molar-refractivity contribution in [1.29, 1.82) is 0 Å². The minimum absolute atomic E-state index is 0.0739. The van der Waals surface area contributed by atoms with Crippen LogP contribution in [0, 0.1) is 5.92 Å². The number of likely N-dealkylation sites (tertiary alicyclic amines) is 1. The lowest BCUT2D eigenvalue weighted by atomic mass is 9.99. The molecule has 0 radical (unpaired) electrons. The zero-order valence-corrected chi connectivity index (χ0v) is 12.8. The highest BCUT2D eigenvalue weighted by molar-refractivity contribution is 9.10. The summed E-state index contributed by atoms with van der Waals surface area (Å²) in [5, 5.41) is 2.96. The molecule has 4 heteroatoms. The molecule has 0 aromatic rings. The van der Waals surface area contributed by atoms with Crippen molar-refractivity contribution >= 4 is 21.8 Å². The number of rotatable bonds is 5. The van der Waals surface area contributed by atoms with Crippen molar-refractivity contribution in [2.24, 2.45) is 5.92 Å². The van der Waals surface area contributed by atoms with E-state index in [1.165, 1.54) is 25.9 Å². The van der Waals surface area contributed by atoms with Crippen molar-refractivity contribution in [3.05, 3.63) is 0 Å². The van der Waals surface area contributed by atoms with E-state index < -0.39 is 4.32 Å². The standard InChI is InChI=1S/C13H25BrN2O/c1-11-5-9-16(10-6-11)8-4-7-15-12(17)13(2,3)14/h11H,4-10H2,1-3H3,(H,15,17). The fourth-order valence-corrected chi connectivity index (χ4v) is 2.14. The molecule has 1 N–H and O–H groups in total. The molecule has 1 aliphatic heterocycles. The topological polar surface area (TPSA) is 32.3 Å². The Kier molecular flexibility index (Phi) is 5.93. The SMILES string of the molecule is CC1CCN(CCCNC(=O)C(C)(C)Br)CC1. The summed E-state index contributed by atoms with van der Waals surface area (Å²) < 4.78 is -0.451. The lowest BCUT2D eigenvalue weighted by molar-refractivity contribution is -0.122. The van der Waals surface area contributed by atoms with Crippen LogP contribution in [0.1, 0.15) is 40.0 Å². The van der Waals surface area contributed by atoms with Crippen LogP contribution in [0.3, 0.4) is 0 Å². The number of carbonyl (C=O) groups excluding carboxylic acids is 1. The molecule has 0 aromatic carbocycles. The minimum atomic E-state index is -0.451. The summed E-state index contributed by atoms with van der Waals surface area (Å²) in [6, 6.07) is 0. The molecular weight excluding hydrogens is 280 g/mol. The van der Waals surface area contributed by atoms with Gasteiger partial charge >= 0.3 is 0 Å². The van der Waals surface area contributed by atoms with Crippen molar-refractivity contribution in [3.8, 4) is 0 Å². The molecule has 0 aromatic heterocycles. The molecule has 17 heavy (non-hydrogen) atoms. The first-order valence-corrected chi connectivity index (χ1v) is 7.38.